The molecule has 0 aromatic heterocycles. The number of amides is 3. The first-order valence-corrected chi connectivity index (χ1v) is 11.4. The molecule has 0 unspecified atom stereocenters. The summed E-state index contributed by atoms with van der Waals surface area (Å²) in [5.41, 5.74) is 0.303. The molecule has 3 amide bonds. The second-order valence-electron chi connectivity index (χ2n) is 8.06. The molecule has 0 saturated carbocycles. The molecular formula is C24H19Cl3N2O4. The van der Waals surface area contributed by atoms with E-state index < -0.39 is 41.9 Å². The molecule has 0 N–H and O–H groups in total. The summed E-state index contributed by atoms with van der Waals surface area (Å²) in [4.78, 5) is 53.2. The van der Waals surface area contributed by atoms with Gasteiger partial charge in [0, 0.05) is 15.6 Å². The number of carbonyl (C=O) groups is 4. The third-order valence-corrected chi connectivity index (χ3v) is 6.75. The van der Waals surface area contributed by atoms with E-state index in [9.17, 15) is 19.2 Å². The average molecular weight is 506 g/mol. The maximum Gasteiger partial charge on any atom is 0.274 e. The number of hydrogen-bond acceptors (Lipinski definition) is 4. The number of hydrogen-bond donors (Lipinski definition) is 0. The normalized spacial score (nSPS) is 21.8. The van der Waals surface area contributed by atoms with E-state index in [1.165, 1.54) is 30.3 Å². The summed E-state index contributed by atoms with van der Waals surface area (Å²) in [6, 6.07) is 10.4. The van der Waals surface area contributed by atoms with Crippen LogP contribution in [0.2, 0.25) is 15.1 Å². The molecule has 1 aliphatic carbocycles. The van der Waals surface area contributed by atoms with Crippen LogP contribution < -0.4 is 0 Å². The Morgan fingerprint density at radius 2 is 1.67 bits per heavy atom. The van der Waals surface area contributed by atoms with Crippen molar-refractivity contribution in [3.05, 3.63) is 80.8 Å². The smallest absolute Gasteiger partial charge is 0.274 e. The highest BCUT2D eigenvalue weighted by Crippen LogP contribution is 2.39. The summed E-state index contributed by atoms with van der Waals surface area (Å²) in [5, 5.41) is 2.52. The van der Waals surface area contributed by atoms with E-state index in [1.54, 1.807) is 12.1 Å². The number of carbonyl (C=O) groups excluding carboxylic acids is 4. The summed E-state index contributed by atoms with van der Waals surface area (Å²) in [7, 11) is 0. The fourth-order valence-corrected chi connectivity index (χ4v) is 4.88. The van der Waals surface area contributed by atoms with Gasteiger partial charge < -0.3 is 0 Å². The second kappa shape index (κ2) is 9.29. The summed E-state index contributed by atoms with van der Waals surface area (Å²) in [5.74, 6) is -3.59. The molecule has 4 rings (SSSR count). The summed E-state index contributed by atoms with van der Waals surface area (Å²) in [6.07, 6.45) is 4.14. The van der Waals surface area contributed by atoms with Crippen molar-refractivity contribution >= 4 is 58.3 Å². The van der Waals surface area contributed by atoms with Gasteiger partial charge >= 0.3 is 0 Å². The van der Waals surface area contributed by atoms with E-state index in [-0.39, 0.29) is 22.1 Å². The number of hydrazine groups is 1. The Morgan fingerprint density at radius 3 is 2.30 bits per heavy atom. The number of fused-ring (bicyclic) bond motifs is 1. The number of halogens is 3. The van der Waals surface area contributed by atoms with E-state index in [0.29, 0.717) is 16.5 Å². The van der Waals surface area contributed by atoms with Gasteiger partial charge in [0.2, 0.25) is 0 Å². The Hall–Kier alpha value is -2.67. The van der Waals surface area contributed by atoms with E-state index in [2.05, 4.69) is 0 Å². The summed E-state index contributed by atoms with van der Waals surface area (Å²) < 4.78 is 0. The highest BCUT2D eigenvalue weighted by atomic mass is 35.5. The summed E-state index contributed by atoms with van der Waals surface area (Å²) >= 11 is 18.1. The van der Waals surface area contributed by atoms with E-state index in [1.807, 2.05) is 19.1 Å². The molecule has 170 valence electrons. The van der Waals surface area contributed by atoms with Crippen LogP contribution in [0.4, 0.5) is 0 Å². The molecule has 2 aliphatic rings. The molecule has 1 heterocycles. The molecule has 6 nitrogen and oxygen atoms in total. The second-order valence-corrected chi connectivity index (χ2v) is 9.34. The minimum absolute atomic E-state index is 0.0200. The van der Waals surface area contributed by atoms with Crippen molar-refractivity contribution in [2.45, 2.75) is 13.3 Å². The third-order valence-electron chi connectivity index (χ3n) is 5.95. The third kappa shape index (κ3) is 4.43. The average Bonchev–Trinajstić information content (AvgIpc) is 3.03. The predicted molar refractivity (Wildman–Crippen MR) is 125 cm³/mol. The predicted octanol–water partition coefficient (Wildman–Crippen LogP) is 5.08. The fourth-order valence-electron chi connectivity index (χ4n) is 4.27. The number of allylic oxidation sites excluding steroid dienone is 2. The minimum Gasteiger partial charge on any atom is -0.292 e. The van der Waals surface area contributed by atoms with E-state index in [4.69, 9.17) is 34.8 Å². The maximum absolute atomic E-state index is 13.5. The summed E-state index contributed by atoms with van der Waals surface area (Å²) in [6.45, 7) is 1.32. The van der Waals surface area contributed by atoms with Gasteiger partial charge in [-0.25, -0.2) is 5.01 Å². The molecule has 1 fully saturated rings. The Bertz CT molecular complexity index is 1180. The molecule has 0 spiro atoms. The van der Waals surface area contributed by atoms with Gasteiger partial charge in [0.15, 0.2) is 5.78 Å². The van der Waals surface area contributed by atoms with Gasteiger partial charge in [-0.15, -0.1) is 0 Å². The highest BCUT2D eigenvalue weighted by molar-refractivity contribution is 6.36. The van der Waals surface area contributed by atoms with Crippen LogP contribution in [0.1, 0.15) is 34.1 Å². The van der Waals surface area contributed by atoms with Crippen molar-refractivity contribution in [1.82, 2.24) is 10.0 Å². The topological polar surface area (TPSA) is 74.8 Å². The zero-order valence-corrected chi connectivity index (χ0v) is 19.8. The molecule has 1 saturated heterocycles. The number of imide groups is 1. The molecule has 9 heteroatoms. The van der Waals surface area contributed by atoms with Crippen molar-refractivity contribution in [2.75, 3.05) is 6.54 Å². The van der Waals surface area contributed by atoms with Crippen LogP contribution in [-0.4, -0.2) is 40.1 Å². The van der Waals surface area contributed by atoms with Gasteiger partial charge in [-0.3, -0.25) is 19.2 Å². The standard InChI is InChI=1S/C24H19Cl3N2O4/c1-13-3-2-4-18-21(13)24(33)29(23(18)32)28(12-20(30)14-5-7-15(25)8-6-14)22(31)17-10-9-16(26)11-19(17)27/h2-3,5-11,13,18,21H,4,12H2,1H3/t13-,18-,21+/m1/s1. The van der Waals surface area contributed by atoms with Crippen LogP contribution in [0, 0.1) is 17.8 Å². The number of ketones is 1. The van der Waals surface area contributed by atoms with Crippen LogP contribution >= 0.6 is 34.8 Å². The van der Waals surface area contributed by atoms with Crippen molar-refractivity contribution < 1.29 is 19.2 Å². The fraction of sp³-hybridized carbons (Fsp3) is 0.250. The largest absolute Gasteiger partial charge is 0.292 e. The zero-order valence-electron chi connectivity index (χ0n) is 17.5. The molecule has 33 heavy (non-hydrogen) atoms. The molecule has 1 aliphatic heterocycles. The van der Waals surface area contributed by atoms with Crippen molar-refractivity contribution in [3.8, 4) is 0 Å². The molecular weight excluding hydrogens is 487 g/mol. The van der Waals surface area contributed by atoms with Crippen LogP contribution in [-0.2, 0) is 9.59 Å². The quantitative estimate of drug-likeness (QED) is 0.322. The lowest BCUT2D eigenvalue weighted by atomic mass is 9.78. The van der Waals surface area contributed by atoms with Crippen molar-refractivity contribution in [3.63, 3.8) is 0 Å². The minimum atomic E-state index is -0.750. The number of rotatable bonds is 5. The van der Waals surface area contributed by atoms with Crippen LogP contribution in [0.15, 0.2) is 54.6 Å². The van der Waals surface area contributed by atoms with Gasteiger partial charge in [-0.05, 0) is 54.8 Å². The van der Waals surface area contributed by atoms with E-state index >= 15 is 0 Å². The van der Waals surface area contributed by atoms with Gasteiger partial charge in [-0.2, -0.15) is 5.01 Å². The molecule has 3 atom stereocenters. The van der Waals surface area contributed by atoms with Gasteiger partial charge in [0.1, 0.15) is 6.54 Å². The number of benzene rings is 2. The number of nitrogens with zero attached hydrogens (tertiary/aromatic N) is 2. The Labute approximate surface area is 205 Å². The SMILES string of the molecule is C[C@@H]1C=CC[C@H]2C(=O)N(N(CC(=O)c3ccc(Cl)cc3)C(=O)c3ccc(Cl)cc3Cl)C(=O)[C@@H]12. The Kier molecular flexibility index (Phi) is 6.61. The molecule has 0 radical (unpaired) electrons. The first-order valence-electron chi connectivity index (χ1n) is 10.3. The van der Waals surface area contributed by atoms with Gasteiger partial charge in [0.05, 0.1) is 22.4 Å². The van der Waals surface area contributed by atoms with E-state index in [0.717, 1.165) is 10.0 Å². The van der Waals surface area contributed by atoms with Crippen molar-refractivity contribution in [2.24, 2.45) is 17.8 Å². The maximum atomic E-state index is 13.5. The van der Waals surface area contributed by atoms with Crippen molar-refractivity contribution in [1.29, 1.82) is 0 Å². The molecule has 2 aromatic carbocycles. The van der Waals surface area contributed by atoms with Gasteiger partial charge in [0.25, 0.3) is 17.7 Å². The lowest BCUT2D eigenvalue weighted by Crippen LogP contribution is -2.52. The monoisotopic (exact) mass is 504 g/mol. The molecule has 0 bridgehead atoms. The lowest BCUT2D eigenvalue weighted by Gasteiger charge is -2.30. The Balaban J connectivity index is 1.73. The van der Waals surface area contributed by atoms with Crippen LogP contribution in [0.3, 0.4) is 0 Å². The lowest BCUT2D eigenvalue weighted by molar-refractivity contribution is -0.154. The number of Topliss-reactive ketones (excluding diaryl/α,β-unsaturated/α-hetero) is 1. The Morgan fingerprint density at radius 1 is 1.00 bits per heavy atom. The molecule has 2 aromatic rings. The highest BCUT2D eigenvalue weighted by Gasteiger charge is 2.53. The van der Waals surface area contributed by atoms with Crippen LogP contribution in [0.25, 0.3) is 0 Å². The van der Waals surface area contributed by atoms with Crippen LogP contribution in [0.5, 0.6) is 0 Å². The first kappa shape index (κ1) is 23.5. The van der Waals surface area contributed by atoms with Gasteiger partial charge in [-0.1, -0.05) is 53.9 Å². The zero-order chi connectivity index (χ0) is 23.9. The first-order chi connectivity index (χ1) is 15.7.